The van der Waals surface area contributed by atoms with Crippen LogP contribution in [0.1, 0.15) is 25.0 Å². The van der Waals surface area contributed by atoms with E-state index < -0.39 is 26.0 Å². The highest BCUT2D eigenvalue weighted by molar-refractivity contribution is 7.92. The van der Waals surface area contributed by atoms with E-state index in [1.54, 1.807) is 17.0 Å². The standard InChI is InChI=1S/C23H24N4O7S2/c1-35(30,31)25-14-6-7-16-17(10-14)36(32,33)26-22(24-16)19-21(28)18-12-4-5-13(9-12)20(18)27(23(19)29)11-15-3-2-8-34-15/h2-3,6-8,10,12-13,18,20,25,28H,4-5,9,11H2,1H3,(H,24,26)/t12-,13+,18+,20-/m0/s1. The summed E-state index contributed by atoms with van der Waals surface area (Å²) < 4.78 is 60.9. The molecular formula is C23H24N4O7S2. The fourth-order valence-corrected chi connectivity index (χ4v) is 7.87. The third kappa shape index (κ3) is 3.68. The first kappa shape index (κ1) is 23.1. The first-order valence-electron chi connectivity index (χ1n) is 11.5. The maximum absolute atomic E-state index is 13.8. The second kappa shape index (κ2) is 7.84. The molecular weight excluding hydrogens is 508 g/mol. The van der Waals surface area contributed by atoms with Crippen molar-refractivity contribution in [2.75, 3.05) is 16.3 Å². The molecule has 11 nitrogen and oxygen atoms in total. The molecule has 13 heteroatoms. The first-order valence-corrected chi connectivity index (χ1v) is 14.9. The van der Waals surface area contributed by atoms with Crippen LogP contribution < -0.4 is 10.0 Å². The van der Waals surface area contributed by atoms with Crippen molar-refractivity contribution in [3.8, 4) is 0 Å². The molecule has 1 amide bonds. The number of furan rings is 1. The molecule has 2 aliphatic heterocycles. The molecule has 3 heterocycles. The highest BCUT2D eigenvalue weighted by atomic mass is 32.2. The molecule has 3 N–H and O–H groups in total. The number of aliphatic hydroxyl groups excluding tert-OH is 1. The third-order valence-corrected chi connectivity index (χ3v) is 9.37. The number of rotatable bonds is 5. The lowest BCUT2D eigenvalue weighted by Gasteiger charge is -2.43. The lowest BCUT2D eigenvalue weighted by Crippen LogP contribution is -2.53. The molecule has 0 spiro atoms. The van der Waals surface area contributed by atoms with Crippen molar-refractivity contribution in [2.45, 2.75) is 36.7 Å². The Balaban J connectivity index is 1.42. The number of benzene rings is 1. The predicted octanol–water partition coefficient (Wildman–Crippen LogP) is 2.43. The Hall–Kier alpha value is -3.32. The van der Waals surface area contributed by atoms with Gasteiger partial charge >= 0.3 is 0 Å². The van der Waals surface area contributed by atoms with Gasteiger partial charge in [0, 0.05) is 17.6 Å². The zero-order valence-electron chi connectivity index (χ0n) is 19.2. The van der Waals surface area contributed by atoms with Crippen LogP contribution in [0.4, 0.5) is 11.4 Å². The van der Waals surface area contributed by atoms with Crippen molar-refractivity contribution < 1.29 is 31.2 Å². The summed E-state index contributed by atoms with van der Waals surface area (Å²) in [5, 5.41) is 14.2. The van der Waals surface area contributed by atoms with E-state index in [4.69, 9.17) is 4.42 Å². The normalized spacial score (nSPS) is 28.4. The van der Waals surface area contributed by atoms with Gasteiger partial charge in [-0.15, -0.1) is 4.40 Å². The molecule has 0 unspecified atom stereocenters. The summed E-state index contributed by atoms with van der Waals surface area (Å²) in [4.78, 5) is 15.2. The number of carbonyl (C=O) groups excluding carboxylic acids is 1. The van der Waals surface area contributed by atoms with Gasteiger partial charge in [-0.3, -0.25) is 9.52 Å². The summed E-state index contributed by atoms with van der Waals surface area (Å²) >= 11 is 0. The largest absolute Gasteiger partial charge is 0.511 e. The van der Waals surface area contributed by atoms with E-state index in [2.05, 4.69) is 14.4 Å². The minimum Gasteiger partial charge on any atom is -0.511 e. The monoisotopic (exact) mass is 532 g/mol. The number of anilines is 2. The molecule has 4 atom stereocenters. The lowest BCUT2D eigenvalue weighted by molar-refractivity contribution is -0.134. The number of nitrogens with one attached hydrogen (secondary N) is 2. The number of carbonyl (C=O) groups is 1. The quantitative estimate of drug-likeness (QED) is 0.530. The number of hydrogen-bond acceptors (Lipinski definition) is 8. The number of nitrogens with zero attached hydrogens (tertiary/aromatic N) is 2. The van der Waals surface area contributed by atoms with E-state index in [0.29, 0.717) is 5.76 Å². The molecule has 4 aliphatic rings. The van der Waals surface area contributed by atoms with Crippen LogP contribution in [-0.2, 0) is 31.4 Å². The predicted molar refractivity (Wildman–Crippen MR) is 130 cm³/mol. The molecule has 0 saturated heterocycles. The van der Waals surface area contributed by atoms with Crippen LogP contribution >= 0.6 is 0 Å². The summed E-state index contributed by atoms with van der Waals surface area (Å²) in [6, 6.07) is 7.26. The molecule has 1 aromatic heterocycles. The van der Waals surface area contributed by atoms with Crippen molar-refractivity contribution in [2.24, 2.45) is 22.2 Å². The molecule has 0 radical (unpaired) electrons. The zero-order valence-corrected chi connectivity index (χ0v) is 20.8. The fourth-order valence-electron chi connectivity index (χ4n) is 6.16. The smallest absolute Gasteiger partial charge is 0.286 e. The molecule has 2 aromatic rings. The summed E-state index contributed by atoms with van der Waals surface area (Å²) in [6.45, 7) is 0.199. The summed E-state index contributed by atoms with van der Waals surface area (Å²) in [6.07, 6.45) is 5.28. The SMILES string of the molecule is CS(=O)(=O)Nc1ccc2c(c1)S(=O)(=O)N=C(C1=C(O)[C@@H]3[C@H]4CC[C@H](C4)[C@@H]3N(Cc3ccco3)C1=O)N2. The van der Waals surface area contributed by atoms with Crippen LogP contribution in [0.2, 0.25) is 0 Å². The number of hydrogen-bond donors (Lipinski definition) is 3. The summed E-state index contributed by atoms with van der Waals surface area (Å²) in [5.74, 6) is -0.158. The van der Waals surface area contributed by atoms with Gasteiger partial charge in [0.15, 0.2) is 5.84 Å². The molecule has 2 fully saturated rings. The van der Waals surface area contributed by atoms with Crippen molar-refractivity contribution in [3.05, 3.63) is 53.7 Å². The van der Waals surface area contributed by atoms with Gasteiger partial charge < -0.3 is 19.7 Å². The molecule has 2 saturated carbocycles. The molecule has 36 heavy (non-hydrogen) atoms. The Bertz CT molecular complexity index is 1540. The van der Waals surface area contributed by atoms with Crippen molar-refractivity contribution >= 4 is 43.2 Å². The van der Waals surface area contributed by atoms with Gasteiger partial charge in [0.05, 0.1) is 24.8 Å². The van der Waals surface area contributed by atoms with Gasteiger partial charge in [-0.25, -0.2) is 8.42 Å². The topological polar surface area (TPSA) is 158 Å². The van der Waals surface area contributed by atoms with Gasteiger partial charge in [-0.2, -0.15) is 8.42 Å². The van der Waals surface area contributed by atoms with E-state index in [1.807, 2.05) is 0 Å². The average molecular weight is 533 g/mol. The van der Waals surface area contributed by atoms with Crippen LogP contribution in [-0.4, -0.2) is 50.9 Å². The van der Waals surface area contributed by atoms with Crippen LogP contribution in [0.5, 0.6) is 0 Å². The van der Waals surface area contributed by atoms with Gasteiger partial charge in [0.2, 0.25) is 10.0 Å². The van der Waals surface area contributed by atoms with E-state index in [1.165, 1.54) is 18.4 Å². The maximum Gasteiger partial charge on any atom is 0.286 e. The zero-order chi connectivity index (χ0) is 25.4. The molecule has 190 valence electrons. The Morgan fingerprint density at radius 3 is 2.75 bits per heavy atom. The van der Waals surface area contributed by atoms with Crippen LogP contribution in [0.25, 0.3) is 0 Å². The van der Waals surface area contributed by atoms with Gasteiger partial charge in [-0.1, -0.05) is 0 Å². The molecule has 2 aliphatic carbocycles. The number of fused-ring (bicyclic) bond motifs is 6. The highest BCUT2D eigenvalue weighted by Gasteiger charge is 2.57. The van der Waals surface area contributed by atoms with Gasteiger partial charge in [-0.05, 0) is 61.4 Å². The number of aliphatic hydroxyl groups is 1. The summed E-state index contributed by atoms with van der Waals surface area (Å²) in [5.41, 5.74) is 0.0215. The molecule has 1 aromatic carbocycles. The Morgan fingerprint density at radius 1 is 1.25 bits per heavy atom. The minimum atomic E-state index is -4.31. The minimum absolute atomic E-state index is 0.0607. The highest BCUT2D eigenvalue weighted by Crippen LogP contribution is 2.55. The third-order valence-electron chi connectivity index (χ3n) is 7.45. The Kier molecular flexibility index (Phi) is 5.03. The van der Waals surface area contributed by atoms with Crippen LogP contribution in [0, 0.1) is 17.8 Å². The van der Waals surface area contributed by atoms with Crippen molar-refractivity contribution in [3.63, 3.8) is 0 Å². The second-order valence-electron chi connectivity index (χ2n) is 9.75. The first-order chi connectivity index (χ1) is 17.0. The van der Waals surface area contributed by atoms with Gasteiger partial charge in [0.25, 0.3) is 15.9 Å². The van der Waals surface area contributed by atoms with Crippen molar-refractivity contribution in [1.29, 1.82) is 0 Å². The van der Waals surface area contributed by atoms with Crippen molar-refractivity contribution in [1.82, 2.24) is 4.90 Å². The molecule has 2 bridgehead atoms. The average Bonchev–Trinajstić information content (AvgIpc) is 3.54. The number of sulfonamides is 2. The second-order valence-corrected chi connectivity index (χ2v) is 13.1. The number of amides is 1. The lowest BCUT2D eigenvalue weighted by atomic mass is 9.78. The number of amidine groups is 1. The van der Waals surface area contributed by atoms with E-state index in [0.717, 1.165) is 31.6 Å². The molecule has 6 rings (SSSR count). The van der Waals surface area contributed by atoms with E-state index >= 15 is 0 Å². The fraction of sp³-hybridized carbons (Fsp3) is 0.391. The Labute approximate surface area is 208 Å². The maximum atomic E-state index is 13.8. The van der Waals surface area contributed by atoms with E-state index in [-0.39, 0.29) is 63.8 Å². The van der Waals surface area contributed by atoms with Crippen LogP contribution in [0.3, 0.4) is 0 Å². The Morgan fingerprint density at radius 2 is 2.03 bits per heavy atom. The van der Waals surface area contributed by atoms with Gasteiger partial charge in [0.1, 0.15) is 22.0 Å². The van der Waals surface area contributed by atoms with E-state index in [9.17, 15) is 26.7 Å². The van der Waals surface area contributed by atoms with Crippen LogP contribution in [0.15, 0.2) is 61.6 Å². The summed E-state index contributed by atoms with van der Waals surface area (Å²) in [7, 11) is -7.93.